The zero-order valence-corrected chi connectivity index (χ0v) is 8.75. The Kier molecular flexibility index (Phi) is 5.88. The average Bonchev–Trinajstić information content (AvgIpc) is 1.85. The van der Waals surface area contributed by atoms with Crippen molar-refractivity contribution in [2.45, 2.75) is 32.1 Å². The summed E-state index contributed by atoms with van der Waals surface area (Å²) in [5, 5.41) is 0. The molecule has 0 aromatic rings. The minimum Gasteiger partial charge on any atom is -0.300 e. The van der Waals surface area contributed by atoms with Gasteiger partial charge in [0.2, 0.25) is 0 Å². The highest BCUT2D eigenvalue weighted by Crippen LogP contribution is 2.12. The smallest absolute Gasteiger partial charge is 0.300 e. The van der Waals surface area contributed by atoms with Crippen molar-refractivity contribution < 1.29 is 13.2 Å². The second kappa shape index (κ2) is 5.78. The van der Waals surface area contributed by atoms with Gasteiger partial charge in [0, 0.05) is 34.2 Å². The molecule has 0 aliphatic heterocycles. The summed E-state index contributed by atoms with van der Waals surface area (Å²) in [6.07, 6.45) is 5.24. The Bertz CT molecular complexity index is 219. The van der Waals surface area contributed by atoms with Gasteiger partial charge in [0.15, 0.2) is 0 Å². The van der Waals surface area contributed by atoms with Crippen LogP contribution in [0.3, 0.4) is 0 Å². The molecule has 0 amide bonds. The molecule has 1 saturated carbocycles. The van der Waals surface area contributed by atoms with Gasteiger partial charge < -0.3 is 0 Å². The molecule has 1 aliphatic rings. The summed E-state index contributed by atoms with van der Waals surface area (Å²) in [4.78, 5) is 10.5. The van der Waals surface area contributed by atoms with Gasteiger partial charge in [-0.15, -0.1) is 0 Å². The second-order valence-electron chi connectivity index (χ2n) is 2.48. The molecule has 0 spiro atoms. The third kappa shape index (κ3) is 12.8. The Morgan fingerprint density at radius 2 is 1.33 bits per heavy atom. The van der Waals surface area contributed by atoms with E-state index in [0.717, 1.165) is 25.7 Å². The Hall–Kier alpha value is 0.200. The number of hydrogen-bond donors (Lipinski definition) is 0. The predicted molar refractivity (Wildman–Crippen MR) is 48.7 cm³/mol. The molecule has 0 saturated heterocycles. The molecule has 3 nitrogen and oxygen atoms in total. The van der Waals surface area contributed by atoms with E-state index in [2.05, 4.69) is 21.4 Å². The van der Waals surface area contributed by atoms with Gasteiger partial charge in [-0.3, -0.25) is 4.79 Å². The van der Waals surface area contributed by atoms with Gasteiger partial charge in [-0.2, -0.15) is 8.42 Å². The fraction of sp³-hybridized carbons (Fsp3) is 0.833. The molecule has 12 heavy (non-hydrogen) atoms. The van der Waals surface area contributed by atoms with Crippen LogP contribution in [0, 0.1) is 0 Å². The van der Waals surface area contributed by atoms with E-state index < -0.39 is 8.26 Å². The van der Waals surface area contributed by atoms with Crippen molar-refractivity contribution in [3.8, 4) is 0 Å². The molecule has 0 aromatic heterocycles. The van der Waals surface area contributed by atoms with Crippen molar-refractivity contribution >= 4 is 35.4 Å². The first-order valence-electron chi connectivity index (χ1n) is 3.55. The van der Waals surface area contributed by atoms with E-state index in [0.29, 0.717) is 5.78 Å². The minimum absolute atomic E-state index is 0.464. The summed E-state index contributed by atoms with van der Waals surface area (Å²) in [5.74, 6) is 0.464. The summed E-state index contributed by atoms with van der Waals surface area (Å²) >= 11 is 0. The lowest BCUT2D eigenvalue weighted by atomic mass is 10.00. The third-order valence-corrected chi connectivity index (χ3v) is 1.41. The first-order valence-corrected chi connectivity index (χ1v) is 6.69. The van der Waals surface area contributed by atoms with E-state index in [1.54, 1.807) is 0 Å². The largest absolute Gasteiger partial charge is 0.317 e. The highest BCUT2D eigenvalue weighted by atomic mass is 36.0. The summed E-state index contributed by atoms with van der Waals surface area (Å²) in [7, 11) is 4.81. The van der Waals surface area contributed by atoms with Crippen LogP contribution >= 0.6 is 21.4 Å². The van der Waals surface area contributed by atoms with Crippen molar-refractivity contribution in [1.82, 2.24) is 0 Å². The molecule has 72 valence electrons. The molecule has 0 heterocycles. The van der Waals surface area contributed by atoms with Crippen molar-refractivity contribution in [2.24, 2.45) is 0 Å². The zero-order chi connectivity index (χ0) is 9.61. The molecular weight excluding hydrogens is 223 g/mol. The van der Waals surface area contributed by atoms with Gasteiger partial charge in [-0.1, -0.05) is 6.42 Å². The molecule has 0 radical (unpaired) electrons. The lowest BCUT2D eigenvalue weighted by molar-refractivity contribution is -0.120. The molecule has 0 atom stereocenters. The minimum atomic E-state index is -3.72. The van der Waals surface area contributed by atoms with E-state index >= 15 is 0 Å². The highest BCUT2D eigenvalue weighted by Gasteiger charge is 2.05. The van der Waals surface area contributed by atoms with Crippen LogP contribution in [0.4, 0.5) is 0 Å². The Morgan fingerprint density at radius 3 is 1.50 bits per heavy atom. The van der Waals surface area contributed by atoms with Crippen LogP contribution in [-0.4, -0.2) is 14.2 Å². The van der Waals surface area contributed by atoms with Crippen molar-refractivity contribution in [2.75, 3.05) is 0 Å². The lowest BCUT2D eigenvalue weighted by Crippen LogP contribution is -2.02. The van der Waals surface area contributed by atoms with Crippen molar-refractivity contribution in [3.05, 3.63) is 0 Å². The molecular formula is C6H10Cl2O3S. The van der Waals surface area contributed by atoms with Crippen molar-refractivity contribution in [3.63, 3.8) is 0 Å². The SMILES string of the molecule is O=C1CCCCC1.O=S(=O)(Cl)Cl. The maximum atomic E-state index is 10.5. The number of halogens is 2. The Labute approximate surface area is 81.0 Å². The number of ketones is 1. The Morgan fingerprint density at radius 1 is 1.00 bits per heavy atom. The number of rotatable bonds is 0. The molecule has 1 fully saturated rings. The highest BCUT2D eigenvalue weighted by molar-refractivity contribution is 8.31. The van der Waals surface area contributed by atoms with Crippen LogP contribution in [-0.2, 0) is 13.1 Å². The van der Waals surface area contributed by atoms with Crippen LogP contribution in [0.2, 0.25) is 0 Å². The fourth-order valence-electron chi connectivity index (χ4n) is 0.946. The van der Waals surface area contributed by atoms with Gasteiger partial charge >= 0.3 is 8.26 Å². The number of hydrogen-bond acceptors (Lipinski definition) is 3. The normalized spacial score (nSPS) is 18.0. The van der Waals surface area contributed by atoms with Gasteiger partial charge in [0.25, 0.3) is 0 Å². The third-order valence-electron chi connectivity index (χ3n) is 1.41. The first-order chi connectivity index (χ1) is 5.39. The molecule has 1 rings (SSSR count). The van der Waals surface area contributed by atoms with Gasteiger partial charge in [-0.05, 0) is 12.8 Å². The number of Topliss-reactive ketones (excluding diaryl/α,β-unsaturated/α-hetero) is 1. The standard InChI is InChI=1S/C6H10O.Cl2O2S/c7-6-4-2-1-3-5-6;1-5(2,3)4/h1-5H2;. The van der Waals surface area contributed by atoms with Gasteiger partial charge in [0.05, 0.1) is 0 Å². The zero-order valence-electron chi connectivity index (χ0n) is 6.42. The van der Waals surface area contributed by atoms with Crippen LogP contribution < -0.4 is 0 Å². The molecule has 6 heteroatoms. The number of carbonyl (C=O) groups excluding carboxylic acids is 1. The van der Waals surface area contributed by atoms with Gasteiger partial charge in [0.1, 0.15) is 5.78 Å². The monoisotopic (exact) mass is 232 g/mol. The lowest BCUT2D eigenvalue weighted by Gasteiger charge is -2.05. The van der Waals surface area contributed by atoms with E-state index in [9.17, 15) is 4.79 Å². The van der Waals surface area contributed by atoms with Crippen LogP contribution in [0.1, 0.15) is 32.1 Å². The van der Waals surface area contributed by atoms with Crippen molar-refractivity contribution in [1.29, 1.82) is 0 Å². The maximum Gasteiger partial charge on any atom is 0.317 e. The quantitative estimate of drug-likeness (QED) is 0.603. The molecule has 0 unspecified atom stereocenters. The van der Waals surface area contributed by atoms with Crippen LogP contribution in [0.15, 0.2) is 0 Å². The van der Waals surface area contributed by atoms with E-state index in [4.69, 9.17) is 8.42 Å². The second-order valence-corrected chi connectivity index (χ2v) is 6.15. The summed E-state index contributed by atoms with van der Waals surface area (Å²) < 4.78 is 18.3. The Balaban J connectivity index is 0.000000217. The average molecular weight is 233 g/mol. The van der Waals surface area contributed by atoms with E-state index in [1.165, 1.54) is 6.42 Å². The van der Waals surface area contributed by atoms with E-state index in [1.807, 2.05) is 0 Å². The molecule has 0 N–H and O–H groups in total. The summed E-state index contributed by atoms with van der Waals surface area (Å²) in [5.41, 5.74) is 0. The fourth-order valence-corrected chi connectivity index (χ4v) is 0.946. The predicted octanol–water partition coefficient (Wildman–Crippen LogP) is 2.23. The van der Waals surface area contributed by atoms with Crippen LogP contribution in [0.25, 0.3) is 0 Å². The van der Waals surface area contributed by atoms with Crippen LogP contribution in [0.5, 0.6) is 0 Å². The molecule has 0 aromatic carbocycles. The first kappa shape index (κ1) is 12.2. The van der Waals surface area contributed by atoms with Gasteiger partial charge in [-0.25, -0.2) is 0 Å². The summed E-state index contributed by atoms with van der Waals surface area (Å²) in [6.45, 7) is 0. The topological polar surface area (TPSA) is 51.2 Å². The molecule has 0 bridgehead atoms. The molecule has 1 aliphatic carbocycles. The maximum absolute atomic E-state index is 10.5. The van der Waals surface area contributed by atoms with E-state index in [-0.39, 0.29) is 0 Å². The summed E-state index contributed by atoms with van der Waals surface area (Å²) in [6, 6.07) is 0. The number of carbonyl (C=O) groups is 1.